The van der Waals surface area contributed by atoms with E-state index in [4.69, 9.17) is 0 Å². The lowest BCUT2D eigenvalue weighted by Crippen LogP contribution is -2.44. The molecule has 1 N–H and O–H groups in total. The first-order valence-corrected chi connectivity index (χ1v) is 10.8. The third-order valence-electron chi connectivity index (χ3n) is 4.67. The van der Waals surface area contributed by atoms with Crippen molar-refractivity contribution in [3.05, 3.63) is 23.4 Å². The Morgan fingerprint density at radius 1 is 1.38 bits per heavy atom. The number of hydrogen-bond acceptors (Lipinski definition) is 4. The first-order valence-electron chi connectivity index (χ1n) is 8.71. The van der Waals surface area contributed by atoms with Crippen LogP contribution in [0.1, 0.15) is 55.5 Å². The van der Waals surface area contributed by atoms with Crippen LogP contribution in [0.4, 0.5) is 0 Å². The second-order valence-corrected chi connectivity index (χ2v) is 8.32. The van der Waals surface area contributed by atoms with Gasteiger partial charge in [-0.1, -0.05) is 26.7 Å². The number of nitrogens with one attached hydrogen (secondary N) is 1. The van der Waals surface area contributed by atoms with Crippen LogP contribution in [-0.4, -0.2) is 39.8 Å². The molecule has 1 amide bonds. The Morgan fingerprint density at radius 3 is 2.71 bits per heavy atom. The minimum absolute atomic E-state index is 0.231. The van der Waals surface area contributed by atoms with Gasteiger partial charge in [0.25, 0.3) is 5.91 Å². The molecule has 1 aliphatic rings. The van der Waals surface area contributed by atoms with Gasteiger partial charge in [-0.15, -0.1) is 23.1 Å². The van der Waals surface area contributed by atoms with Gasteiger partial charge in [0.2, 0.25) is 0 Å². The summed E-state index contributed by atoms with van der Waals surface area (Å²) < 4.78 is 1.14. The first-order chi connectivity index (χ1) is 11.7. The molecule has 0 saturated heterocycles. The maximum Gasteiger partial charge on any atom is 0.256 e. The lowest BCUT2D eigenvalue weighted by atomic mass is 9.96. The molecule has 2 aromatic heterocycles. The molecule has 0 unspecified atom stereocenters. The first kappa shape index (κ1) is 17.5. The van der Waals surface area contributed by atoms with E-state index in [-0.39, 0.29) is 5.91 Å². The zero-order valence-electron chi connectivity index (χ0n) is 14.6. The van der Waals surface area contributed by atoms with Crippen LogP contribution < -0.4 is 0 Å². The van der Waals surface area contributed by atoms with Crippen LogP contribution in [0.15, 0.2) is 16.5 Å². The fourth-order valence-corrected chi connectivity index (χ4v) is 5.64. The van der Waals surface area contributed by atoms with Gasteiger partial charge < -0.3 is 4.90 Å². The minimum Gasteiger partial charge on any atom is -0.335 e. The number of carbonyl (C=O) groups is 1. The van der Waals surface area contributed by atoms with Gasteiger partial charge in [-0.05, 0) is 37.1 Å². The predicted octanol–water partition coefficient (Wildman–Crippen LogP) is 4.83. The fourth-order valence-electron chi connectivity index (χ4n) is 3.59. The van der Waals surface area contributed by atoms with Gasteiger partial charge in [-0.2, -0.15) is 5.10 Å². The van der Waals surface area contributed by atoms with Crippen molar-refractivity contribution in [3.8, 4) is 10.6 Å². The second-order valence-electron chi connectivity index (χ2n) is 6.23. The third-order valence-corrected chi connectivity index (χ3v) is 7.05. The van der Waals surface area contributed by atoms with Crippen LogP contribution >= 0.6 is 23.1 Å². The number of nitrogens with zero attached hydrogens (tertiary/aromatic N) is 2. The molecule has 0 aromatic carbocycles. The van der Waals surface area contributed by atoms with Crippen molar-refractivity contribution < 1.29 is 4.79 Å². The molecule has 1 aliphatic heterocycles. The molecule has 3 heterocycles. The van der Waals surface area contributed by atoms with E-state index in [9.17, 15) is 4.79 Å². The van der Waals surface area contributed by atoms with Crippen molar-refractivity contribution in [2.75, 3.05) is 12.8 Å². The molecule has 0 saturated carbocycles. The molecule has 130 valence electrons. The molecule has 0 bridgehead atoms. The molecule has 2 aromatic rings. The highest BCUT2D eigenvalue weighted by molar-refractivity contribution is 8.00. The zero-order chi connectivity index (χ0) is 17.1. The van der Waals surface area contributed by atoms with Crippen LogP contribution in [0.25, 0.3) is 10.6 Å². The summed E-state index contributed by atoms with van der Waals surface area (Å²) in [6, 6.07) is 2.37. The number of carbonyl (C=O) groups excluding carboxylic acids is 1. The summed E-state index contributed by atoms with van der Waals surface area (Å²) in [6.45, 7) is 5.25. The van der Waals surface area contributed by atoms with Crippen molar-refractivity contribution in [2.45, 2.75) is 56.2 Å². The molecular formula is C18H25N3OS2. The monoisotopic (exact) mass is 363 g/mol. The maximum absolute atomic E-state index is 13.3. The molecule has 0 fully saturated rings. The molecular weight excluding hydrogens is 338 g/mol. The fraction of sp³-hybridized carbons (Fsp3) is 0.556. The van der Waals surface area contributed by atoms with Crippen molar-refractivity contribution in [3.63, 3.8) is 0 Å². The van der Waals surface area contributed by atoms with Crippen molar-refractivity contribution in [1.82, 2.24) is 15.1 Å². The number of amides is 1. The van der Waals surface area contributed by atoms with Gasteiger partial charge in [-0.25, -0.2) is 0 Å². The highest BCUT2D eigenvalue weighted by Crippen LogP contribution is 2.43. The summed E-state index contributed by atoms with van der Waals surface area (Å²) in [4.78, 5) is 16.6. The lowest BCUT2D eigenvalue weighted by molar-refractivity contribution is 0.0635. The molecule has 4 nitrogen and oxygen atoms in total. The number of H-pyrrole nitrogens is 1. The van der Waals surface area contributed by atoms with Crippen molar-refractivity contribution >= 4 is 29.0 Å². The average Bonchev–Trinajstić information content (AvgIpc) is 3.22. The van der Waals surface area contributed by atoms with Gasteiger partial charge in [0.1, 0.15) is 0 Å². The van der Waals surface area contributed by atoms with E-state index in [0.29, 0.717) is 6.04 Å². The van der Waals surface area contributed by atoms with Crippen LogP contribution in [-0.2, 0) is 6.42 Å². The largest absolute Gasteiger partial charge is 0.335 e. The zero-order valence-corrected chi connectivity index (χ0v) is 16.2. The Balaban J connectivity index is 1.98. The Labute approximate surface area is 152 Å². The van der Waals surface area contributed by atoms with E-state index in [1.807, 2.05) is 6.07 Å². The minimum atomic E-state index is 0.231. The SMILES string of the molecule is CCCC(CCC)N1CCc2c(-c3ccn[nH]3)sc(SC)c2C1=O. The summed E-state index contributed by atoms with van der Waals surface area (Å²) in [6.07, 6.45) is 9.22. The summed E-state index contributed by atoms with van der Waals surface area (Å²) in [5.41, 5.74) is 3.18. The van der Waals surface area contributed by atoms with Crippen molar-refractivity contribution in [2.24, 2.45) is 0 Å². The molecule has 0 atom stereocenters. The maximum atomic E-state index is 13.3. The molecule has 0 radical (unpaired) electrons. The lowest BCUT2D eigenvalue weighted by Gasteiger charge is -2.35. The number of thioether (sulfide) groups is 1. The average molecular weight is 364 g/mol. The van der Waals surface area contributed by atoms with Gasteiger partial charge in [0.05, 0.1) is 20.3 Å². The Morgan fingerprint density at radius 2 is 2.12 bits per heavy atom. The van der Waals surface area contributed by atoms with E-state index in [1.165, 1.54) is 10.4 Å². The van der Waals surface area contributed by atoms with E-state index in [2.05, 4.69) is 35.2 Å². The number of fused-ring (bicyclic) bond motifs is 1. The van der Waals surface area contributed by atoms with Gasteiger partial charge in [-0.3, -0.25) is 9.89 Å². The molecule has 0 aliphatic carbocycles. The Kier molecular flexibility index (Phi) is 5.66. The van der Waals surface area contributed by atoms with Crippen LogP contribution in [0.3, 0.4) is 0 Å². The quantitative estimate of drug-likeness (QED) is 0.717. The van der Waals surface area contributed by atoms with Gasteiger partial charge in [0.15, 0.2) is 0 Å². The standard InChI is InChI=1S/C18H25N3OS2/c1-4-6-12(7-5-2)21-11-9-13-15(17(21)22)18(23-3)24-16(13)14-8-10-19-20-14/h8,10,12H,4-7,9,11H2,1-3H3,(H,19,20). The van der Waals surface area contributed by atoms with Crippen LogP contribution in [0, 0.1) is 0 Å². The van der Waals surface area contributed by atoms with Crippen LogP contribution in [0.2, 0.25) is 0 Å². The van der Waals surface area contributed by atoms with E-state index in [0.717, 1.165) is 54.1 Å². The molecule has 24 heavy (non-hydrogen) atoms. The highest BCUT2D eigenvalue weighted by Gasteiger charge is 2.34. The number of rotatable bonds is 7. The number of hydrogen-bond donors (Lipinski definition) is 1. The number of aromatic nitrogens is 2. The smallest absolute Gasteiger partial charge is 0.256 e. The third kappa shape index (κ3) is 3.14. The van der Waals surface area contributed by atoms with Crippen LogP contribution in [0.5, 0.6) is 0 Å². The predicted molar refractivity (Wildman–Crippen MR) is 102 cm³/mol. The molecule has 6 heteroatoms. The van der Waals surface area contributed by atoms with E-state index >= 15 is 0 Å². The summed E-state index contributed by atoms with van der Waals surface area (Å²) >= 11 is 3.40. The Bertz CT molecular complexity index is 687. The summed E-state index contributed by atoms with van der Waals surface area (Å²) in [5.74, 6) is 0.231. The van der Waals surface area contributed by atoms with E-state index in [1.54, 1.807) is 29.3 Å². The topological polar surface area (TPSA) is 49.0 Å². The summed E-state index contributed by atoms with van der Waals surface area (Å²) in [7, 11) is 0. The molecule has 0 spiro atoms. The Hall–Kier alpha value is -1.27. The van der Waals surface area contributed by atoms with Gasteiger partial charge in [0, 0.05) is 18.8 Å². The van der Waals surface area contributed by atoms with Gasteiger partial charge >= 0.3 is 0 Å². The number of aromatic amines is 1. The number of thiophene rings is 1. The van der Waals surface area contributed by atoms with Crippen molar-refractivity contribution in [1.29, 1.82) is 0 Å². The second kappa shape index (κ2) is 7.74. The van der Waals surface area contributed by atoms with E-state index < -0.39 is 0 Å². The normalized spacial score (nSPS) is 14.5. The summed E-state index contributed by atoms with van der Waals surface area (Å²) in [5, 5.41) is 7.13. The highest BCUT2D eigenvalue weighted by atomic mass is 32.2. The molecule has 3 rings (SSSR count).